The first kappa shape index (κ1) is 15.3. The van der Waals surface area contributed by atoms with Gasteiger partial charge in [-0.2, -0.15) is 0 Å². The van der Waals surface area contributed by atoms with Crippen molar-refractivity contribution in [2.45, 2.75) is 38.8 Å². The third-order valence-electron chi connectivity index (χ3n) is 2.47. The van der Waals surface area contributed by atoms with Crippen LogP contribution in [-0.2, 0) is 11.2 Å². The molecule has 0 fully saturated rings. The third kappa shape index (κ3) is 5.25. The summed E-state index contributed by atoms with van der Waals surface area (Å²) in [6, 6.07) is 4.99. The molecule has 1 rings (SSSR count). The van der Waals surface area contributed by atoms with Gasteiger partial charge in [0.05, 0.1) is 12.5 Å². The highest BCUT2D eigenvalue weighted by atomic mass is 35.5. The van der Waals surface area contributed by atoms with E-state index >= 15 is 0 Å². The summed E-state index contributed by atoms with van der Waals surface area (Å²) < 4.78 is 0. The van der Waals surface area contributed by atoms with E-state index in [1.165, 1.54) is 0 Å². The number of carbonyl (C=O) groups excluding carboxylic acids is 1. The predicted molar refractivity (Wildman–Crippen MR) is 74.1 cm³/mol. The van der Waals surface area contributed by atoms with Gasteiger partial charge in [0.25, 0.3) is 0 Å². The fourth-order valence-corrected chi connectivity index (χ4v) is 2.21. The van der Waals surface area contributed by atoms with Crippen LogP contribution in [0.25, 0.3) is 0 Å². The summed E-state index contributed by atoms with van der Waals surface area (Å²) in [6.45, 7) is 3.55. The van der Waals surface area contributed by atoms with E-state index in [1.807, 2.05) is 6.92 Å². The Morgan fingerprint density at radius 2 is 2.06 bits per heavy atom. The van der Waals surface area contributed by atoms with Crippen molar-refractivity contribution in [1.82, 2.24) is 5.32 Å². The summed E-state index contributed by atoms with van der Waals surface area (Å²) in [7, 11) is 0. The van der Waals surface area contributed by atoms with Gasteiger partial charge in [-0.25, -0.2) is 0 Å². The zero-order valence-corrected chi connectivity index (χ0v) is 11.9. The summed E-state index contributed by atoms with van der Waals surface area (Å²) in [5, 5.41) is 13.1. The topological polar surface area (TPSA) is 49.3 Å². The molecule has 0 aromatic heterocycles. The van der Waals surface area contributed by atoms with Crippen molar-refractivity contribution in [2.24, 2.45) is 0 Å². The largest absolute Gasteiger partial charge is 0.393 e. The zero-order valence-electron chi connectivity index (χ0n) is 10.4. The lowest BCUT2D eigenvalue weighted by molar-refractivity contribution is -0.121. The molecule has 0 bridgehead atoms. The molecule has 0 spiro atoms. The molecule has 0 radical (unpaired) electrons. The molecule has 3 nitrogen and oxygen atoms in total. The lowest BCUT2D eigenvalue weighted by Crippen LogP contribution is -2.35. The molecular weight excluding hydrogens is 273 g/mol. The highest BCUT2D eigenvalue weighted by molar-refractivity contribution is 6.35. The zero-order chi connectivity index (χ0) is 13.7. The Kier molecular flexibility index (Phi) is 5.93. The van der Waals surface area contributed by atoms with Crippen molar-refractivity contribution < 1.29 is 9.90 Å². The van der Waals surface area contributed by atoms with Gasteiger partial charge in [0.1, 0.15) is 0 Å². The molecule has 0 heterocycles. The van der Waals surface area contributed by atoms with Gasteiger partial charge in [0.15, 0.2) is 0 Å². The molecule has 0 aliphatic carbocycles. The van der Waals surface area contributed by atoms with Gasteiger partial charge in [-0.15, -0.1) is 0 Å². The van der Waals surface area contributed by atoms with Crippen molar-refractivity contribution >= 4 is 29.1 Å². The smallest absolute Gasteiger partial charge is 0.224 e. The molecule has 1 amide bonds. The van der Waals surface area contributed by atoms with Gasteiger partial charge in [-0.05, 0) is 38.0 Å². The first-order valence-electron chi connectivity index (χ1n) is 5.80. The van der Waals surface area contributed by atoms with Crippen LogP contribution in [0.5, 0.6) is 0 Å². The Labute approximate surface area is 117 Å². The fourth-order valence-electron chi connectivity index (χ4n) is 1.73. The number of aliphatic hydroxyl groups is 1. The maximum atomic E-state index is 11.8. The standard InChI is InChI=1S/C13H17Cl2NO2/c1-8(5-9(2)17)16-13(18)6-10-3-4-11(14)7-12(10)15/h3-4,7-9,17H,5-6H2,1-2H3,(H,16,18). The van der Waals surface area contributed by atoms with E-state index < -0.39 is 6.10 Å². The maximum absolute atomic E-state index is 11.8. The van der Waals surface area contributed by atoms with Crippen LogP contribution in [0, 0.1) is 0 Å². The molecular formula is C13H17Cl2NO2. The van der Waals surface area contributed by atoms with Gasteiger partial charge < -0.3 is 10.4 Å². The van der Waals surface area contributed by atoms with Crippen LogP contribution in [-0.4, -0.2) is 23.2 Å². The van der Waals surface area contributed by atoms with Crippen LogP contribution >= 0.6 is 23.2 Å². The summed E-state index contributed by atoms with van der Waals surface area (Å²) in [6.07, 6.45) is 0.305. The van der Waals surface area contributed by atoms with Crippen LogP contribution in [0.1, 0.15) is 25.8 Å². The van der Waals surface area contributed by atoms with Crippen molar-refractivity contribution in [2.75, 3.05) is 0 Å². The minimum atomic E-state index is -0.431. The predicted octanol–water partition coefficient (Wildman–Crippen LogP) is 2.81. The highest BCUT2D eigenvalue weighted by Crippen LogP contribution is 2.21. The van der Waals surface area contributed by atoms with Crippen LogP contribution in [0.3, 0.4) is 0 Å². The Morgan fingerprint density at radius 1 is 1.39 bits per heavy atom. The molecule has 2 atom stereocenters. The Balaban J connectivity index is 2.54. The van der Waals surface area contributed by atoms with Gasteiger partial charge in [-0.1, -0.05) is 29.3 Å². The first-order valence-corrected chi connectivity index (χ1v) is 6.55. The number of aliphatic hydroxyl groups excluding tert-OH is 1. The Morgan fingerprint density at radius 3 is 2.61 bits per heavy atom. The molecule has 100 valence electrons. The monoisotopic (exact) mass is 289 g/mol. The molecule has 1 aromatic carbocycles. The van der Waals surface area contributed by atoms with Crippen LogP contribution in [0.15, 0.2) is 18.2 Å². The Hall–Kier alpha value is -0.770. The second-order valence-electron chi connectivity index (χ2n) is 4.47. The minimum absolute atomic E-state index is 0.0661. The second kappa shape index (κ2) is 6.98. The highest BCUT2D eigenvalue weighted by Gasteiger charge is 2.12. The van der Waals surface area contributed by atoms with Crippen LogP contribution < -0.4 is 5.32 Å². The Bertz CT molecular complexity index is 421. The molecule has 18 heavy (non-hydrogen) atoms. The minimum Gasteiger partial charge on any atom is -0.393 e. The second-order valence-corrected chi connectivity index (χ2v) is 5.31. The third-order valence-corrected chi connectivity index (χ3v) is 3.06. The van der Waals surface area contributed by atoms with E-state index in [4.69, 9.17) is 23.2 Å². The van der Waals surface area contributed by atoms with Gasteiger partial charge in [0.2, 0.25) is 5.91 Å². The van der Waals surface area contributed by atoms with Crippen molar-refractivity contribution in [1.29, 1.82) is 0 Å². The average molecular weight is 290 g/mol. The van der Waals surface area contributed by atoms with E-state index in [-0.39, 0.29) is 18.4 Å². The molecule has 1 aromatic rings. The number of hydrogen-bond acceptors (Lipinski definition) is 2. The molecule has 2 N–H and O–H groups in total. The normalized spacial score (nSPS) is 14.1. The molecule has 0 aliphatic rings. The van der Waals surface area contributed by atoms with Gasteiger partial charge in [0, 0.05) is 16.1 Å². The summed E-state index contributed by atoms with van der Waals surface area (Å²) >= 11 is 11.8. The van der Waals surface area contributed by atoms with Crippen molar-refractivity contribution in [3.05, 3.63) is 33.8 Å². The van der Waals surface area contributed by atoms with Crippen LogP contribution in [0.4, 0.5) is 0 Å². The molecule has 0 saturated carbocycles. The summed E-state index contributed by atoms with van der Waals surface area (Å²) in [5.41, 5.74) is 0.739. The number of amides is 1. The quantitative estimate of drug-likeness (QED) is 0.876. The maximum Gasteiger partial charge on any atom is 0.224 e. The lowest BCUT2D eigenvalue weighted by atomic mass is 10.1. The number of hydrogen-bond donors (Lipinski definition) is 2. The number of halogens is 2. The number of carbonyl (C=O) groups is 1. The summed E-state index contributed by atoms with van der Waals surface area (Å²) in [4.78, 5) is 11.8. The van der Waals surface area contributed by atoms with Crippen LogP contribution in [0.2, 0.25) is 10.0 Å². The van der Waals surface area contributed by atoms with Gasteiger partial charge in [-0.3, -0.25) is 4.79 Å². The fraction of sp³-hybridized carbons (Fsp3) is 0.462. The SMILES string of the molecule is CC(O)CC(C)NC(=O)Cc1ccc(Cl)cc1Cl. The lowest BCUT2D eigenvalue weighted by Gasteiger charge is -2.15. The average Bonchev–Trinajstić information content (AvgIpc) is 2.20. The molecule has 2 unspecified atom stereocenters. The number of benzene rings is 1. The number of nitrogens with one attached hydrogen (secondary N) is 1. The van der Waals surface area contributed by atoms with E-state index in [0.29, 0.717) is 16.5 Å². The summed E-state index contributed by atoms with van der Waals surface area (Å²) in [5.74, 6) is -0.118. The number of rotatable bonds is 5. The molecule has 0 saturated heterocycles. The van der Waals surface area contributed by atoms with Crippen molar-refractivity contribution in [3.8, 4) is 0 Å². The molecule has 0 aliphatic heterocycles. The van der Waals surface area contributed by atoms with E-state index in [0.717, 1.165) is 5.56 Å². The first-order chi connectivity index (χ1) is 8.38. The van der Waals surface area contributed by atoms with Crippen molar-refractivity contribution in [3.63, 3.8) is 0 Å². The van der Waals surface area contributed by atoms with E-state index in [2.05, 4.69) is 5.32 Å². The van der Waals surface area contributed by atoms with E-state index in [9.17, 15) is 9.90 Å². The van der Waals surface area contributed by atoms with E-state index in [1.54, 1.807) is 25.1 Å². The molecule has 5 heteroatoms. The van der Waals surface area contributed by atoms with Gasteiger partial charge >= 0.3 is 0 Å².